The minimum Gasteiger partial charge on any atom is -0.343 e. The fourth-order valence-corrected chi connectivity index (χ4v) is 1.95. The van der Waals surface area contributed by atoms with Crippen LogP contribution >= 0.6 is 0 Å². The average molecular weight is 254 g/mol. The third-order valence-corrected chi connectivity index (χ3v) is 4.78. The lowest BCUT2D eigenvalue weighted by Gasteiger charge is -2.16. The number of rotatable bonds is 6. The lowest BCUT2D eigenvalue weighted by molar-refractivity contribution is 0.101. The van der Waals surface area contributed by atoms with Gasteiger partial charge in [-0.25, -0.2) is 16.8 Å². The Balaban J connectivity index is 4.80. The molecule has 0 aromatic carbocycles. The van der Waals surface area contributed by atoms with Crippen LogP contribution < -0.4 is 0 Å². The fourth-order valence-electron chi connectivity index (χ4n) is 0.696. The zero-order valence-corrected chi connectivity index (χ0v) is 10.2. The van der Waals surface area contributed by atoms with Gasteiger partial charge in [0, 0.05) is 10.8 Å². The van der Waals surface area contributed by atoms with Crippen molar-refractivity contribution in [2.45, 2.75) is 24.7 Å². The van der Waals surface area contributed by atoms with E-state index in [9.17, 15) is 16.8 Å². The number of hydrogen-bond donors (Lipinski definition) is 0. The third-order valence-electron chi connectivity index (χ3n) is 1.77. The maximum atomic E-state index is 11.2. The van der Waals surface area contributed by atoms with Gasteiger partial charge in [-0.3, -0.25) is 0 Å². The van der Waals surface area contributed by atoms with Crippen LogP contribution in [0, 0.1) is 0 Å². The van der Waals surface area contributed by atoms with Gasteiger partial charge in [0.05, 0.1) is 0 Å². The first-order valence-corrected chi connectivity index (χ1v) is 7.27. The van der Waals surface area contributed by atoms with Gasteiger partial charge in [0.1, 0.15) is 0 Å². The Morgan fingerprint density at radius 1 is 0.933 bits per heavy atom. The topological polar surface area (TPSA) is 77.5 Å². The summed E-state index contributed by atoms with van der Waals surface area (Å²) in [5.74, 6) is 0. The first kappa shape index (κ1) is 14.3. The summed E-state index contributed by atoms with van der Waals surface area (Å²) >= 11 is 0. The average Bonchev–Trinajstić information content (AvgIpc) is 2.17. The minimum atomic E-state index is -3.62. The van der Waals surface area contributed by atoms with Crippen molar-refractivity contribution < 1.29 is 21.6 Å². The normalized spacial score (nSPS) is 16.7. The molecule has 0 radical (unpaired) electrons. The summed E-state index contributed by atoms with van der Waals surface area (Å²) in [6, 6.07) is 0. The summed E-state index contributed by atoms with van der Waals surface area (Å²) in [5.41, 5.74) is -2.50. The van der Waals surface area contributed by atoms with E-state index < -0.39 is 30.5 Å². The molecule has 2 unspecified atom stereocenters. The highest BCUT2D eigenvalue weighted by molar-refractivity contribution is 7.95. The Morgan fingerprint density at radius 2 is 1.20 bits per heavy atom. The smallest absolute Gasteiger partial charge is 0.197 e. The molecule has 0 bridgehead atoms. The lowest BCUT2D eigenvalue weighted by Crippen LogP contribution is -2.28. The van der Waals surface area contributed by atoms with E-state index in [0.29, 0.717) is 0 Å². The molecule has 0 saturated carbocycles. The van der Waals surface area contributed by atoms with Crippen molar-refractivity contribution in [1.29, 1.82) is 0 Å². The van der Waals surface area contributed by atoms with E-state index >= 15 is 0 Å². The van der Waals surface area contributed by atoms with Crippen LogP contribution in [0.5, 0.6) is 0 Å². The zero-order chi connectivity index (χ0) is 12.3. The monoisotopic (exact) mass is 254 g/mol. The van der Waals surface area contributed by atoms with E-state index in [1.807, 2.05) is 0 Å². The van der Waals surface area contributed by atoms with Crippen molar-refractivity contribution in [1.82, 2.24) is 0 Å². The fraction of sp³-hybridized carbons (Fsp3) is 0.500. The summed E-state index contributed by atoms with van der Waals surface area (Å²) in [6.45, 7) is 8.70. The van der Waals surface area contributed by atoms with Gasteiger partial charge in [-0.15, -0.1) is 0 Å². The number of hydrogen-bond acceptors (Lipinski definition) is 5. The highest BCUT2D eigenvalue weighted by atomic mass is 32.2. The highest BCUT2D eigenvalue weighted by Crippen LogP contribution is 2.12. The molecular weight excluding hydrogens is 240 g/mol. The maximum absolute atomic E-state index is 11.2. The van der Waals surface area contributed by atoms with Crippen LogP contribution in [0.4, 0.5) is 0 Å². The van der Waals surface area contributed by atoms with Crippen molar-refractivity contribution in [3.05, 3.63) is 24.0 Å². The van der Waals surface area contributed by atoms with Gasteiger partial charge < -0.3 is 4.74 Å². The van der Waals surface area contributed by atoms with E-state index in [2.05, 4.69) is 13.2 Å². The predicted octanol–water partition coefficient (Wildman–Crippen LogP) is 0.812. The maximum Gasteiger partial charge on any atom is 0.197 e. The molecule has 0 N–H and O–H groups in total. The lowest BCUT2D eigenvalue weighted by atomic mass is 10.8. The summed E-state index contributed by atoms with van der Waals surface area (Å²) < 4.78 is 49.6. The molecule has 0 aliphatic rings. The molecule has 88 valence electrons. The second-order valence-corrected chi connectivity index (χ2v) is 7.13. The standard InChI is InChI=1S/C8H14O5S2/c1-5-14(9,10)7(3)13-8(4)15(11,12)6-2/h5-8H,1-2H2,3-4H3. The molecule has 0 aliphatic heterocycles. The van der Waals surface area contributed by atoms with Crippen molar-refractivity contribution in [3.8, 4) is 0 Å². The van der Waals surface area contributed by atoms with Gasteiger partial charge in [0.25, 0.3) is 0 Å². The minimum absolute atomic E-state index is 0.727. The van der Waals surface area contributed by atoms with Crippen molar-refractivity contribution in [2.75, 3.05) is 0 Å². The molecule has 0 aromatic rings. The third kappa shape index (κ3) is 3.77. The number of sulfone groups is 2. The number of ether oxygens (including phenoxy) is 1. The largest absolute Gasteiger partial charge is 0.343 e. The molecule has 15 heavy (non-hydrogen) atoms. The SMILES string of the molecule is C=CS(=O)(=O)C(C)OC(C)S(=O)(=O)C=C. The Morgan fingerprint density at radius 3 is 1.40 bits per heavy atom. The first-order chi connectivity index (χ1) is 6.67. The van der Waals surface area contributed by atoms with E-state index in [0.717, 1.165) is 10.8 Å². The van der Waals surface area contributed by atoms with E-state index in [1.165, 1.54) is 13.8 Å². The van der Waals surface area contributed by atoms with Crippen LogP contribution in [0.2, 0.25) is 0 Å². The van der Waals surface area contributed by atoms with E-state index in [4.69, 9.17) is 4.74 Å². The Labute approximate surface area is 90.3 Å². The van der Waals surface area contributed by atoms with Gasteiger partial charge in [0.15, 0.2) is 30.5 Å². The Hall–Kier alpha value is -0.660. The van der Waals surface area contributed by atoms with Crippen molar-refractivity contribution >= 4 is 19.7 Å². The molecule has 0 amide bonds. The molecule has 0 aromatic heterocycles. The Bertz CT molecular complexity index is 390. The van der Waals surface area contributed by atoms with Gasteiger partial charge in [-0.2, -0.15) is 0 Å². The predicted molar refractivity (Wildman–Crippen MR) is 58.2 cm³/mol. The second kappa shape index (κ2) is 4.91. The van der Waals surface area contributed by atoms with Gasteiger partial charge in [-0.1, -0.05) is 13.2 Å². The van der Waals surface area contributed by atoms with Gasteiger partial charge >= 0.3 is 0 Å². The first-order valence-electron chi connectivity index (χ1n) is 4.05. The van der Waals surface area contributed by atoms with Crippen LogP contribution in [-0.2, 0) is 24.4 Å². The summed E-state index contributed by atoms with van der Waals surface area (Å²) in [4.78, 5) is 0. The second-order valence-electron chi connectivity index (χ2n) is 2.78. The van der Waals surface area contributed by atoms with Crippen LogP contribution in [0.25, 0.3) is 0 Å². The molecule has 0 saturated heterocycles. The van der Waals surface area contributed by atoms with Gasteiger partial charge in [-0.05, 0) is 13.8 Å². The quantitative estimate of drug-likeness (QED) is 0.701. The molecule has 0 heterocycles. The highest BCUT2D eigenvalue weighted by Gasteiger charge is 2.25. The summed E-state index contributed by atoms with van der Waals surface area (Å²) in [6.07, 6.45) is 0. The van der Waals surface area contributed by atoms with Crippen molar-refractivity contribution in [2.24, 2.45) is 0 Å². The zero-order valence-electron chi connectivity index (χ0n) is 8.58. The Kier molecular flexibility index (Phi) is 4.69. The summed E-state index contributed by atoms with van der Waals surface area (Å²) in [7, 11) is -7.24. The van der Waals surface area contributed by atoms with E-state index in [1.54, 1.807) is 0 Å². The van der Waals surface area contributed by atoms with Crippen molar-refractivity contribution in [3.63, 3.8) is 0 Å². The van der Waals surface area contributed by atoms with Crippen LogP contribution in [-0.4, -0.2) is 27.7 Å². The molecule has 0 spiro atoms. The summed E-state index contributed by atoms with van der Waals surface area (Å²) in [5, 5.41) is 1.45. The van der Waals surface area contributed by atoms with Crippen LogP contribution in [0.1, 0.15) is 13.8 Å². The van der Waals surface area contributed by atoms with Gasteiger partial charge in [0.2, 0.25) is 0 Å². The molecule has 7 heteroatoms. The molecule has 0 rings (SSSR count). The molecule has 5 nitrogen and oxygen atoms in total. The van der Waals surface area contributed by atoms with Crippen LogP contribution in [0.3, 0.4) is 0 Å². The molecule has 0 aliphatic carbocycles. The molecular formula is C8H14O5S2. The molecule has 2 atom stereocenters. The van der Waals surface area contributed by atoms with Crippen LogP contribution in [0.15, 0.2) is 24.0 Å². The van der Waals surface area contributed by atoms with E-state index in [-0.39, 0.29) is 0 Å². The molecule has 0 fully saturated rings.